The summed E-state index contributed by atoms with van der Waals surface area (Å²) >= 11 is 1.94. The third-order valence-electron chi connectivity index (χ3n) is 2.91. The lowest BCUT2D eigenvalue weighted by Crippen LogP contribution is -2.15. The van der Waals surface area contributed by atoms with E-state index in [1.807, 2.05) is 22.6 Å². The van der Waals surface area contributed by atoms with Crippen LogP contribution in [0.5, 0.6) is 0 Å². The summed E-state index contributed by atoms with van der Waals surface area (Å²) < 4.78 is 40.7. The van der Waals surface area contributed by atoms with E-state index in [1.54, 1.807) is 6.92 Å². The van der Waals surface area contributed by atoms with Gasteiger partial charge in [-0.1, -0.05) is 6.07 Å². The number of aryl methyl sites for hydroxylation is 1. The highest BCUT2D eigenvalue weighted by Gasteiger charge is 2.18. The first-order valence-electron chi connectivity index (χ1n) is 5.56. The van der Waals surface area contributed by atoms with Gasteiger partial charge >= 0.3 is 0 Å². The van der Waals surface area contributed by atoms with Crippen molar-refractivity contribution in [1.82, 2.24) is 0 Å². The number of hydrogen-bond acceptors (Lipinski definition) is 1. The van der Waals surface area contributed by atoms with Crippen LogP contribution in [0.2, 0.25) is 0 Å². The molecule has 0 saturated carbocycles. The number of nitrogens with two attached hydrogens (primary N) is 1. The molecule has 0 radical (unpaired) electrons. The van der Waals surface area contributed by atoms with Crippen LogP contribution < -0.4 is 5.73 Å². The molecule has 1 atom stereocenters. The molecular weight excluding hydrogens is 366 g/mol. The van der Waals surface area contributed by atoms with Crippen LogP contribution in [0.25, 0.3) is 0 Å². The molecule has 100 valence electrons. The van der Waals surface area contributed by atoms with Crippen molar-refractivity contribution in [2.45, 2.75) is 13.0 Å². The average molecular weight is 377 g/mol. The summed E-state index contributed by atoms with van der Waals surface area (Å²) in [6.07, 6.45) is 0. The number of halogens is 4. The zero-order chi connectivity index (χ0) is 14.2. The Balaban J connectivity index is 2.49. The Labute approximate surface area is 122 Å². The highest BCUT2D eigenvalue weighted by Crippen LogP contribution is 2.28. The average Bonchev–Trinajstić information content (AvgIpc) is 2.33. The summed E-state index contributed by atoms with van der Waals surface area (Å²) in [6, 6.07) is 5.55. The highest BCUT2D eigenvalue weighted by atomic mass is 127. The molecule has 0 aliphatic heterocycles. The van der Waals surface area contributed by atoms with Gasteiger partial charge in [-0.3, -0.25) is 0 Å². The molecule has 0 aliphatic rings. The molecule has 1 unspecified atom stereocenters. The Morgan fingerprint density at radius 3 is 2.32 bits per heavy atom. The Bertz CT molecular complexity index is 628. The third-order valence-corrected chi connectivity index (χ3v) is 3.84. The van der Waals surface area contributed by atoms with Crippen molar-refractivity contribution in [3.05, 3.63) is 68.0 Å². The molecule has 0 aromatic heterocycles. The predicted molar refractivity (Wildman–Crippen MR) is 76.2 cm³/mol. The van der Waals surface area contributed by atoms with Crippen molar-refractivity contribution in [2.75, 3.05) is 0 Å². The molecule has 19 heavy (non-hydrogen) atoms. The number of rotatable bonds is 2. The Morgan fingerprint density at radius 1 is 1.00 bits per heavy atom. The molecule has 2 rings (SSSR count). The molecular formula is C14H11F3IN. The van der Waals surface area contributed by atoms with Gasteiger partial charge in [-0.25, -0.2) is 13.2 Å². The SMILES string of the molecule is Cc1cc(C(N)c2ccc(F)cc2I)c(F)cc1F. The van der Waals surface area contributed by atoms with Gasteiger partial charge in [0.2, 0.25) is 0 Å². The highest BCUT2D eigenvalue weighted by molar-refractivity contribution is 14.1. The Hall–Kier alpha value is -1.08. The first-order chi connectivity index (χ1) is 8.90. The topological polar surface area (TPSA) is 26.0 Å². The van der Waals surface area contributed by atoms with Crippen LogP contribution in [0, 0.1) is 27.9 Å². The van der Waals surface area contributed by atoms with Crippen molar-refractivity contribution < 1.29 is 13.2 Å². The molecule has 0 amide bonds. The van der Waals surface area contributed by atoms with Gasteiger partial charge in [0.25, 0.3) is 0 Å². The van der Waals surface area contributed by atoms with E-state index in [2.05, 4.69) is 0 Å². The molecule has 0 fully saturated rings. The van der Waals surface area contributed by atoms with E-state index in [0.717, 1.165) is 6.07 Å². The normalized spacial score (nSPS) is 12.5. The first-order valence-corrected chi connectivity index (χ1v) is 6.64. The van der Waals surface area contributed by atoms with Gasteiger partial charge in [0, 0.05) is 15.2 Å². The monoisotopic (exact) mass is 377 g/mol. The molecule has 0 spiro atoms. The van der Waals surface area contributed by atoms with E-state index < -0.39 is 17.7 Å². The van der Waals surface area contributed by atoms with Crippen LogP contribution in [-0.4, -0.2) is 0 Å². The van der Waals surface area contributed by atoms with Crippen molar-refractivity contribution in [3.63, 3.8) is 0 Å². The lowest BCUT2D eigenvalue weighted by atomic mass is 9.97. The van der Waals surface area contributed by atoms with Crippen LogP contribution in [0.4, 0.5) is 13.2 Å². The maximum atomic E-state index is 13.8. The van der Waals surface area contributed by atoms with E-state index >= 15 is 0 Å². The standard InChI is InChI=1S/C14H11F3IN/c1-7-4-10(12(17)6-11(7)16)14(19)9-3-2-8(15)5-13(9)18/h2-6,14H,19H2,1H3. The zero-order valence-corrected chi connectivity index (χ0v) is 12.2. The van der Waals surface area contributed by atoms with Crippen molar-refractivity contribution in [3.8, 4) is 0 Å². The zero-order valence-electron chi connectivity index (χ0n) is 10.1. The molecule has 2 aromatic carbocycles. The largest absolute Gasteiger partial charge is 0.320 e. The molecule has 0 saturated heterocycles. The van der Waals surface area contributed by atoms with Crippen LogP contribution in [0.15, 0.2) is 30.3 Å². The number of benzene rings is 2. The quantitative estimate of drug-likeness (QED) is 0.785. The lowest BCUT2D eigenvalue weighted by Gasteiger charge is -2.16. The summed E-state index contributed by atoms with van der Waals surface area (Å²) in [5.74, 6) is -1.69. The molecule has 1 nitrogen and oxygen atoms in total. The van der Waals surface area contributed by atoms with E-state index in [1.165, 1.54) is 24.3 Å². The van der Waals surface area contributed by atoms with Crippen LogP contribution in [-0.2, 0) is 0 Å². The third kappa shape index (κ3) is 2.92. The second-order valence-electron chi connectivity index (χ2n) is 4.27. The van der Waals surface area contributed by atoms with Crippen LogP contribution in [0.3, 0.4) is 0 Å². The van der Waals surface area contributed by atoms with Gasteiger partial charge < -0.3 is 5.73 Å². The minimum Gasteiger partial charge on any atom is -0.320 e. The van der Waals surface area contributed by atoms with Crippen molar-refractivity contribution >= 4 is 22.6 Å². The predicted octanol–water partition coefficient (Wildman–Crippen LogP) is 4.07. The smallest absolute Gasteiger partial charge is 0.131 e. The fraction of sp³-hybridized carbons (Fsp3) is 0.143. The second kappa shape index (κ2) is 5.50. The molecule has 0 bridgehead atoms. The molecule has 0 aliphatic carbocycles. The maximum absolute atomic E-state index is 13.8. The first kappa shape index (κ1) is 14.3. The fourth-order valence-corrected chi connectivity index (χ4v) is 2.65. The van der Waals surface area contributed by atoms with Crippen molar-refractivity contribution in [2.24, 2.45) is 5.73 Å². The van der Waals surface area contributed by atoms with Gasteiger partial charge in [-0.15, -0.1) is 0 Å². The number of hydrogen-bond donors (Lipinski definition) is 1. The van der Waals surface area contributed by atoms with Gasteiger partial charge in [-0.05, 0) is 58.8 Å². The van der Waals surface area contributed by atoms with E-state index in [0.29, 0.717) is 14.7 Å². The van der Waals surface area contributed by atoms with E-state index in [4.69, 9.17) is 5.73 Å². The fourth-order valence-electron chi connectivity index (χ4n) is 1.84. The van der Waals surface area contributed by atoms with Crippen molar-refractivity contribution in [1.29, 1.82) is 0 Å². The Morgan fingerprint density at radius 2 is 1.68 bits per heavy atom. The Kier molecular flexibility index (Phi) is 4.15. The van der Waals surface area contributed by atoms with Gasteiger partial charge in [-0.2, -0.15) is 0 Å². The molecule has 2 N–H and O–H groups in total. The summed E-state index contributed by atoms with van der Waals surface area (Å²) in [5.41, 5.74) is 7.12. The van der Waals surface area contributed by atoms with Gasteiger partial charge in [0.05, 0.1) is 6.04 Å². The molecule has 5 heteroatoms. The minimum absolute atomic E-state index is 0.198. The van der Waals surface area contributed by atoms with Crippen LogP contribution >= 0.6 is 22.6 Å². The van der Waals surface area contributed by atoms with Gasteiger partial charge in [0.15, 0.2) is 0 Å². The summed E-state index contributed by atoms with van der Waals surface area (Å²) in [4.78, 5) is 0. The maximum Gasteiger partial charge on any atom is 0.131 e. The summed E-state index contributed by atoms with van der Waals surface area (Å²) in [6.45, 7) is 1.54. The van der Waals surface area contributed by atoms with E-state index in [9.17, 15) is 13.2 Å². The molecule has 2 aromatic rings. The van der Waals surface area contributed by atoms with Gasteiger partial charge in [0.1, 0.15) is 17.5 Å². The summed E-state index contributed by atoms with van der Waals surface area (Å²) in [7, 11) is 0. The summed E-state index contributed by atoms with van der Waals surface area (Å²) in [5, 5.41) is 0. The van der Waals surface area contributed by atoms with E-state index in [-0.39, 0.29) is 11.4 Å². The van der Waals surface area contributed by atoms with Crippen LogP contribution in [0.1, 0.15) is 22.7 Å². The second-order valence-corrected chi connectivity index (χ2v) is 5.43. The lowest BCUT2D eigenvalue weighted by molar-refractivity contribution is 0.560. The minimum atomic E-state index is -0.758. The molecule has 0 heterocycles.